The first-order chi connectivity index (χ1) is 10.1. The summed E-state index contributed by atoms with van der Waals surface area (Å²) in [6.07, 6.45) is 8.83. The molecule has 0 aromatic carbocycles. The van der Waals surface area contributed by atoms with Gasteiger partial charge in [-0.3, -0.25) is 4.79 Å². The molecule has 3 rings (SSSR count). The summed E-state index contributed by atoms with van der Waals surface area (Å²) in [5.41, 5.74) is 0. The van der Waals surface area contributed by atoms with Crippen LogP contribution in [0.15, 0.2) is 24.4 Å². The van der Waals surface area contributed by atoms with Crippen LogP contribution in [0.5, 0.6) is 0 Å². The van der Waals surface area contributed by atoms with Crippen LogP contribution < -0.4 is 5.32 Å². The topological polar surface area (TPSA) is 81.1 Å². The van der Waals surface area contributed by atoms with Gasteiger partial charge in [-0.25, -0.2) is 13.1 Å². The molecule has 1 aliphatic carbocycles. The molecule has 2 unspecified atom stereocenters. The Hall–Kier alpha value is -1.63. The minimum Gasteiger partial charge on any atom is -0.311 e. The van der Waals surface area contributed by atoms with Crippen LogP contribution >= 0.6 is 0 Å². The molecule has 1 aliphatic heterocycles. The van der Waals surface area contributed by atoms with Crippen molar-refractivity contribution in [2.45, 2.75) is 31.7 Å². The van der Waals surface area contributed by atoms with Crippen molar-refractivity contribution in [2.24, 2.45) is 5.92 Å². The SMILES string of the molecule is O=C(Nc1ccnn1C1CCS(=O)(=O)C1)C1CC=CCC1. The van der Waals surface area contributed by atoms with Gasteiger partial charge in [0.05, 0.1) is 23.7 Å². The molecule has 0 radical (unpaired) electrons. The fourth-order valence-electron chi connectivity index (χ4n) is 2.93. The van der Waals surface area contributed by atoms with Gasteiger partial charge in [0.1, 0.15) is 5.82 Å². The Morgan fingerprint density at radius 3 is 2.86 bits per heavy atom. The van der Waals surface area contributed by atoms with Gasteiger partial charge in [0.2, 0.25) is 5.91 Å². The average Bonchev–Trinajstić information content (AvgIpc) is 3.06. The maximum Gasteiger partial charge on any atom is 0.228 e. The predicted octanol–water partition coefficient (Wildman–Crippen LogP) is 1.54. The molecular formula is C14H19N3O3S. The molecule has 114 valence electrons. The third-order valence-corrected chi connectivity index (χ3v) is 5.87. The van der Waals surface area contributed by atoms with Gasteiger partial charge in [0, 0.05) is 12.0 Å². The van der Waals surface area contributed by atoms with E-state index in [1.54, 1.807) is 16.9 Å². The van der Waals surface area contributed by atoms with E-state index in [0.717, 1.165) is 19.3 Å². The molecule has 1 N–H and O–H groups in total. The van der Waals surface area contributed by atoms with Crippen LogP contribution in [0.2, 0.25) is 0 Å². The van der Waals surface area contributed by atoms with Crippen molar-refractivity contribution in [2.75, 3.05) is 16.8 Å². The second kappa shape index (κ2) is 5.63. The molecule has 1 aromatic rings. The van der Waals surface area contributed by atoms with E-state index in [4.69, 9.17) is 0 Å². The van der Waals surface area contributed by atoms with Gasteiger partial charge in [-0.1, -0.05) is 12.2 Å². The maximum atomic E-state index is 12.3. The molecule has 7 heteroatoms. The highest BCUT2D eigenvalue weighted by molar-refractivity contribution is 7.91. The van der Waals surface area contributed by atoms with Crippen molar-refractivity contribution in [3.05, 3.63) is 24.4 Å². The number of carbonyl (C=O) groups is 1. The van der Waals surface area contributed by atoms with Crippen molar-refractivity contribution < 1.29 is 13.2 Å². The summed E-state index contributed by atoms with van der Waals surface area (Å²) in [4.78, 5) is 12.3. The average molecular weight is 309 g/mol. The number of allylic oxidation sites excluding steroid dienone is 2. The molecule has 1 aromatic heterocycles. The first-order valence-electron chi connectivity index (χ1n) is 7.25. The van der Waals surface area contributed by atoms with E-state index in [1.165, 1.54) is 0 Å². The highest BCUT2D eigenvalue weighted by Crippen LogP contribution is 2.27. The fraction of sp³-hybridized carbons (Fsp3) is 0.571. The molecule has 1 fully saturated rings. The van der Waals surface area contributed by atoms with Crippen molar-refractivity contribution >= 4 is 21.6 Å². The molecular weight excluding hydrogens is 290 g/mol. The molecule has 21 heavy (non-hydrogen) atoms. The third kappa shape index (κ3) is 3.18. The van der Waals surface area contributed by atoms with Gasteiger partial charge < -0.3 is 5.32 Å². The smallest absolute Gasteiger partial charge is 0.228 e. The van der Waals surface area contributed by atoms with Gasteiger partial charge in [0.25, 0.3) is 0 Å². The number of nitrogens with one attached hydrogen (secondary N) is 1. The Morgan fingerprint density at radius 2 is 2.19 bits per heavy atom. The summed E-state index contributed by atoms with van der Waals surface area (Å²) in [7, 11) is -2.97. The molecule has 1 amide bonds. The van der Waals surface area contributed by atoms with E-state index in [1.807, 2.05) is 6.08 Å². The van der Waals surface area contributed by atoms with Gasteiger partial charge in [-0.15, -0.1) is 0 Å². The number of amides is 1. The Morgan fingerprint density at radius 1 is 1.33 bits per heavy atom. The van der Waals surface area contributed by atoms with Crippen molar-refractivity contribution in [1.29, 1.82) is 0 Å². The van der Waals surface area contributed by atoms with Crippen LogP contribution in [0.3, 0.4) is 0 Å². The van der Waals surface area contributed by atoms with Gasteiger partial charge >= 0.3 is 0 Å². The van der Waals surface area contributed by atoms with Crippen LogP contribution in [0.4, 0.5) is 5.82 Å². The van der Waals surface area contributed by atoms with Gasteiger partial charge in [-0.2, -0.15) is 5.10 Å². The minimum atomic E-state index is -2.97. The summed E-state index contributed by atoms with van der Waals surface area (Å²) < 4.78 is 24.8. The van der Waals surface area contributed by atoms with E-state index in [0.29, 0.717) is 12.2 Å². The van der Waals surface area contributed by atoms with Crippen molar-refractivity contribution in [3.8, 4) is 0 Å². The standard InChI is InChI=1S/C14H19N3O3S/c18-14(11-4-2-1-3-5-11)16-13-6-8-15-17(13)12-7-9-21(19,20)10-12/h1-2,6,8,11-12H,3-5,7,9-10H2,(H,16,18). The maximum absolute atomic E-state index is 12.3. The lowest BCUT2D eigenvalue weighted by molar-refractivity contribution is -0.120. The number of anilines is 1. The highest BCUT2D eigenvalue weighted by Gasteiger charge is 2.31. The fourth-order valence-corrected chi connectivity index (χ4v) is 4.62. The molecule has 0 saturated carbocycles. The monoisotopic (exact) mass is 309 g/mol. The number of rotatable bonds is 3. The van der Waals surface area contributed by atoms with E-state index < -0.39 is 9.84 Å². The molecule has 2 aliphatic rings. The van der Waals surface area contributed by atoms with Crippen LogP contribution in [0, 0.1) is 5.92 Å². The summed E-state index contributed by atoms with van der Waals surface area (Å²) >= 11 is 0. The normalized spacial score (nSPS) is 27.6. The number of hydrogen-bond acceptors (Lipinski definition) is 4. The number of carbonyl (C=O) groups excluding carboxylic acids is 1. The first kappa shape index (κ1) is 14.3. The minimum absolute atomic E-state index is 0.00865. The number of sulfone groups is 1. The Labute approximate surface area is 124 Å². The second-order valence-corrected chi connectivity index (χ2v) is 7.92. The van der Waals surface area contributed by atoms with Crippen LogP contribution in [0.1, 0.15) is 31.7 Å². The van der Waals surface area contributed by atoms with Crippen LogP contribution in [-0.4, -0.2) is 35.6 Å². The number of hydrogen-bond donors (Lipinski definition) is 1. The van der Waals surface area contributed by atoms with E-state index in [-0.39, 0.29) is 29.4 Å². The third-order valence-electron chi connectivity index (χ3n) is 4.12. The van der Waals surface area contributed by atoms with E-state index in [9.17, 15) is 13.2 Å². The van der Waals surface area contributed by atoms with Gasteiger partial charge in [-0.05, 0) is 25.7 Å². The Balaban J connectivity index is 1.71. The van der Waals surface area contributed by atoms with Crippen LogP contribution in [-0.2, 0) is 14.6 Å². The molecule has 2 heterocycles. The van der Waals surface area contributed by atoms with E-state index in [2.05, 4.69) is 16.5 Å². The molecule has 0 bridgehead atoms. The molecule has 2 atom stereocenters. The zero-order chi connectivity index (χ0) is 14.9. The predicted molar refractivity (Wildman–Crippen MR) is 79.6 cm³/mol. The lowest BCUT2D eigenvalue weighted by Gasteiger charge is -2.19. The van der Waals surface area contributed by atoms with Crippen molar-refractivity contribution in [1.82, 2.24) is 9.78 Å². The van der Waals surface area contributed by atoms with Gasteiger partial charge in [0.15, 0.2) is 9.84 Å². The molecule has 1 saturated heterocycles. The van der Waals surface area contributed by atoms with Crippen LogP contribution in [0.25, 0.3) is 0 Å². The first-order valence-corrected chi connectivity index (χ1v) is 9.07. The largest absolute Gasteiger partial charge is 0.311 e. The lowest BCUT2D eigenvalue weighted by atomic mass is 9.94. The molecule has 6 nitrogen and oxygen atoms in total. The van der Waals surface area contributed by atoms with E-state index >= 15 is 0 Å². The summed E-state index contributed by atoms with van der Waals surface area (Å²) in [6, 6.07) is 1.55. The number of aromatic nitrogens is 2. The molecule has 0 spiro atoms. The summed E-state index contributed by atoms with van der Waals surface area (Å²) in [5.74, 6) is 0.867. The van der Waals surface area contributed by atoms with Crippen molar-refractivity contribution in [3.63, 3.8) is 0 Å². The Kier molecular flexibility index (Phi) is 3.84. The summed E-state index contributed by atoms with van der Waals surface area (Å²) in [5, 5.41) is 7.08. The second-order valence-electron chi connectivity index (χ2n) is 5.69. The quantitative estimate of drug-likeness (QED) is 0.859. The lowest BCUT2D eigenvalue weighted by Crippen LogP contribution is -2.26. The number of nitrogens with zero attached hydrogens (tertiary/aromatic N) is 2. The highest BCUT2D eigenvalue weighted by atomic mass is 32.2. The zero-order valence-electron chi connectivity index (χ0n) is 11.7. The summed E-state index contributed by atoms with van der Waals surface area (Å²) in [6.45, 7) is 0. The Bertz CT molecular complexity index is 663. The zero-order valence-corrected chi connectivity index (χ0v) is 12.6.